The zero-order valence-electron chi connectivity index (χ0n) is 18.4. The van der Waals surface area contributed by atoms with Gasteiger partial charge in [-0.2, -0.15) is 0 Å². The summed E-state index contributed by atoms with van der Waals surface area (Å²) in [5, 5.41) is 0. The molecule has 0 saturated carbocycles. The molecule has 0 saturated heterocycles. The molecule has 0 atom stereocenters. The van der Waals surface area contributed by atoms with Crippen LogP contribution in [0.2, 0.25) is 0 Å². The van der Waals surface area contributed by atoms with Crippen LogP contribution in [0.4, 0.5) is 0 Å². The molecule has 0 fully saturated rings. The fraction of sp³-hybridized carbons (Fsp3) is 0.286. The summed E-state index contributed by atoms with van der Waals surface area (Å²) in [5.74, 6) is 0.201. The minimum atomic E-state index is -0.169. The third-order valence-corrected chi connectivity index (χ3v) is 7.28. The van der Waals surface area contributed by atoms with E-state index in [2.05, 4.69) is 64.1 Å². The molecule has 0 aromatic heterocycles. The second kappa shape index (κ2) is 5.78. The van der Waals surface area contributed by atoms with Crippen molar-refractivity contribution in [3.05, 3.63) is 81.9 Å². The monoisotopic (exact) mass is 394 g/mol. The van der Waals surface area contributed by atoms with E-state index < -0.39 is 0 Å². The minimum absolute atomic E-state index is 0.100. The number of carbonyl (C=O) groups excluding carboxylic acids is 2. The lowest BCUT2D eigenvalue weighted by Gasteiger charge is -2.24. The molecule has 3 aromatic carbocycles. The third-order valence-electron chi connectivity index (χ3n) is 7.28. The lowest BCUT2D eigenvalue weighted by molar-refractivity contribution is 0.100. The van der Waals surface area contributed by atoms with Crippen LogP contribution in [0.1, 0.15) is 84.5 Å². The number of carbonyl (C=O) groups is 2. The summed E-state index contributed by atoms with van der Waals surface area (Å²) >= 11 is 0. The highest BCUT2D eigenvalue weighted by Gasteiger charge is 2.41. The predicted octanol–water partition coefficient (Wildman–Crippen LogP) is 6.70. The number of benzene rings is 3. The number of ketones is 2. The molecule has 2 heteroatoms. The molecule has 0 N–H and O–H groups in total. The zero-order chi connectivity index (χ0) is 21.6. The average Bonchev–Trinajstić information content (AvgIpc) is 3.06. The van der Waals surface area contributed by atoms with Crippen LogP contribution in [0, 0.1) is 0 Å². The topological polar surface area (TPSA) is 34.1 Å². The Morgan fingerprint density at radius 2 is 0.867 bits per heavy atom. The van der Waals surface area contributed by atoms with Gasteiger partial charge in [0.2, 0.25) is 0 Å². The SMILES string of the molecule is CC(=O)c1ccc2c(c1)C(C)(C)c1cc3c(cc1-2)C(C)(C)c1cc(C(C)=O)ccc1-3. The van der Waals surface area contributed by atoms with Crippen LogP contribution >= 0.6 is 0 Å². The molecule has 0 amide bonds. The van der Waals surface area contributed by atoms with Gasteiger partial charge in [-0.05, 0) is 82.6 Å². The van der Waals surface area contributed by atoms with Gasteiger partial charge in [-0.25, -0.2) is 0 Å². The molecular weight excluding hydrogens is 368 g/mol. The molecule has 2 aliphatic carbocycles. The van der Waals surface area contributed by atoms with E-state index in [9.17, 15) is 9.59 Å². The first kappa shape index (κ1) is 19.0. The van der Waals surface area contributed by atoms with Gasteiger partial charge >= 0.3 is 0 Å². The van der Waals surface area contributed by atoms with E-state index in [1.165, 1.54) is 44.5 Å². The Balaban J connectivity index is 1.77. The first-order chi connectivity index (χ1) is 14.0. The maximum absolute atomic E-state index is 12.0. The largest absolute Gasteiger partial charge is 0.295 e. The van der Waals surface area contributed by atoms with E-state index in [0.29, 0.717) is 0 Å². The quantitative estimate of drug-likeness (QED) is 0.453. The van der Waals surface area contributed by atoms with Crippen molar-refractivity contribution in [3.8, 4) is 22.3 Å². The number of hydrogen-bond acceptors (Lipinski definition) is 2. The summed E-state index contributed by atoms with van der Waals surface area (Å²) in [6, 6.07) is 16.9. The van der Waals surface area contributed by atoms with Crippen LogP contribution in [-0.4, -0.2) is 11.6 Å². The maximum atomic E-state index is 12.0. The Morgan fingerprint density at radius 1 is 0.533 bits per heavy atom. The van der Waals surface area contributed by atoms with Crippen molar-refractivity contribution >= 4 is 11.6 Å². The lowest BCUT2D eigenvalue weighted by Crippen LogP contribution is -2.17. The van der Waals surface area contributed by atoms with E-state index >= 15 is 0 Å². The van der Waals surface area contributed by atoms with Crippen LogP contribution in [0.25, 0.3) is 22.3 Å². The third kappa shape index (κ3) is 2.31. The fourth-order valence-corrected chi connectivity index (χ4v) is 5.40. The van der Waals surface area contributed by atoms with Gasteiger partial charge in [0, 0.05) is 22.0 Å². The molecule has 0 bridgehead atoms. The standard InChI is InChI=1S/C28H26O2/c1-15(29)17-7-9-19-21-13-26-22(14-25(21)27(3,4)23(19)11-17)20-10-8-18(16(2)30)12-24(20)28(26,5)6/h7-14H,1-6H3. The Morgan fingerprint density at radius 3 is 1.20 bits per heavy atom. The molecule has 0 spiro atoms. The highest BCUT2D eigenvalue weighted by molar-refractivity contribution is 5.98. The molecule has 30 heavy (non-hydrogen) atoms. The van der Waals surface area contributed by atoms with Crippen molar-refractivity contribution in [1.29, 1.82) is 0 Å². The first-order valence-electron chi connectivity index (χ1n) is 10.5. The van der Waals surface area contributed by atoms with Crippen molar-refractivity contribution in [1.82, 2.24) is 0 Å². The van der Waals surface area contributed by atoms with E-state index in [4.69, 9.17) is 0 Å². The molecule has 2 nitrogen and oxygen atoms in total. The van der Waals surface area contributed by atoms with Gasteiger partial charge in [0.05, 0.1) is 0 Å². The van der Waals surface area contributed by atoms with Crippen molar-refractivity contribution in [2.24, 2.45) is 0 Å². The summed E-state index contributed by atoms with van der Waals surface area (Å²) in [5.41, 5.74) is 11.2. The van der Waals surface area contributed by atoms with Crippen molar-refractivity contribution in [2.45, 2.75) is 52.4 Å². The Labute approximate surface area is 178 Å². The molecule has 5 rings (SSSR count). The lowest BCUT2D eigenvalue weighted by atomic mass is 9.79. The smallest absolute Gasteiger partial charge is 0.159 e. The fourth-order valence-electron chi connectivity index (χ4n) is 5.40. The summed E-state index contributed by atoms with van der Waals surface area (Å²) in [6.45, 7) is 12.2. The molecule has 0 unspecified atom stereocenters. The van der Waals surface area contributed by atoms with E-state index in [-0.39, 0.29) is 22.4 Å². The second-order valence-corrected chi connectivity index (χ2v) is 9.83. The normalized spacial score (nSPS) is 16.5. The second-order valence-electron chi connectivity index (χ2n) is 9.83. The molecule has 0 radical (unpaired) electrons. The highest BCUT2D eigenvalue weighted by Crippen LogP contribution is 2.56. The Kier molecular flexibility index (Phi) is 3.66. The van der Waals surface area contributed by atoms with Gasteiger partial charge in [-0.15, -0.1) is 0 Å². The van der Waals surface area contributed by atoms with Gasteiger partial charge in [0.25, 0.3) is 0 Å². The number of fused-ring (bicyclic) bond motifs is 6. The predicted molar refractivity (Wildman–Crippen MR) is 122 cm³/mol. The molecule has 2 aliphatic rings. The van der Waals surface area contributed by atoms with Crippen molar-refractivity contribution in [3.63, 3.8) is 0 Å². The average molecular weight is 395 g/mol. The van der Waals surface area contributed by atoms with Crippen LogP contribution in [0.5, 0.6) is 0 Å². The summed E-state index contributed by atoms with van der Waals surface area (Å²) in [4.78, 5) is 23.9. The van der Waals surface area contributed by atoms with Gasteiger partial charge in [0.1, 0.15) is 0 Å². The summed E-state index contributed by atoms with van der Waals surface area (Å²) in [7, 11) is 0. The van der Waals surface area contributed by atoms with E-state index in [0.717, 1.165) is 11.1 Å². The Bertz CT molecular complexity index is 1190. The highest BCUT2D eigenvalue weighted by atomic mass is 16.1. The number of hydrogen-bond donors (Lipinski definition) is 0. The molecule has 0 aliphatic heterocycles. The maximum Gasteiger partial charge on any atom is 0.159 e. The zero-order valence-corrected chi connectivity index (χ0v) is 18.4. The van der Waals surface area contributed by atoms with Crippen molar-refractivity contribution in [2.75, 3.05) is 0 Å². The molecule has 0 heterocycles. The summed E-state index contributed by atoms with van der Waals surface area (Å²) < 4.78 is 0. The summed E-state index contributed by atoms with van der Waals surface area (Å²) in [6.07, 6.45) is 0. The molecular formula is C28H26O2. The number of rotatable bonds is 2. The minimum Gasteiger partial charge on any atom is -0.295 e. The molecule has 3 aromatic rings. The van der Waals surface area contributed by atoms with Gasteiger partial charge in [-0.1, -0.05) is 52.0 Å². The molecule has 150 valence electrons. The van der Waals surface area contributed by atoms with Crippen LogP contribution < -0.4 is 0 Å². The van der Waals surface area contributed by atoms with Gasteiger partial charge in [0.15, 0.2) is 11.6 Å². The first-order valence-corrected chi connectivity index (χ1v) is 10.5. The van der Waals surface area contributed by atoms with Gasteiger partial charge < -0.3 is 0 Å². The van der Waals surface area contributed by atoms with Crippen LogP contribution in [0.3, 0.4) is 0 Å². The van der Waals surface area contributed by atoms with E-state index in [1.54, 1.807) is 13.8 Å². The van der Waals surface area contributed by atoms with Crippen LogP contribution in [0.15, 0.2) is 48.5 Å². The van der Waals surface area contributed by atoms with Crippen molar-refractivity contribution < 1.29 is 9.59 Å². The van der Waals surface area contributed by atoms with E-state index in [1.807, 2.05) is 12.1 Å². The van der Waals surface area contributed by atoms with Crippen LogP contribution in [-0.2, 0) is 10.8 Å². The Hall–Kier alpha value is -3.00. The number of Topliss-reactive ketones (excluding diaryl/α,β-unsaturated/α-hetero) is 2. The van der Waals surface area contributed by atoms with Gasteiger partial charge in [-0.3, -0.25) is 9.59 Å².